The molecule has 0 saturated carbocycles. The van der Waals surface area contributed by atoms with Gasteiger partial charge in [-0.25, -0.2) is 9.59 Å². The van der Waals surface area contributed by atoms with Crippen LogP contribution in [0.15, 0.2) is 36.4 Å². The lowest BCUT2D eigenvalue weighted by atomic mass is 10.2. The molecular weight excluding hydrogens is 248 g/mol. The Morgan fingerprint density at radius 3 is 2.47 bits per heavy atom. The number of nitrogens with zero attached hydrogens (tertiary/aromatic N) is 2. The van der Waals surface area contributed by atoms with Gasteiger partial charge >= 0.3 is 11.9 Å². The molecule has 1 aromatic heterocycles. The lowest BCUT2D eigenvalue weighted by molar-refractivity contribution is 0.0587. The summed E-state index contributed by atoms with van der Waals surface area (Å²) in [6, 6.07) is 9.88. The highest BCUT2D eigenvalue weighted by molar-refractivity contribution is 5.91. The smallest absolute Gasteiger partial charge is 0.356 e. The van der Waals surface area contributed by atoms with Crippen LogP contribution in [0.2, 0.25) is 0 Å². The molecule has 1 aromatic carbocycles. The third kappa shape index (κ3) is 2.79. The van der Waals surface area contributed by atoms with Crippen molar-refractivity contribution >= 4 is 11.9 Å². The molecule has 6 heteroatoms. The predicted octanol–water partition coefficient (Wildman–Crippen LogP) is 1.43. The average Bonchev–Trinajstić information content (AvgIpc) is 2.79. The molecule has 0 atom stereocenters. The van der Waals surface area contributed by atoms with E-state index in [2.05, 4.69) is 9.84 Å². The van der Waals surface area contributed by atoms with Crippen molar-refractivity contribution in [1.29, 1.82) is 0 Å². The molecule has 2 aromatic rings. The number of ether oxygens (including phenoxy) is 2. The lowest BCUT2D eigenvalue weighted by Gasteiger charge is -1.99. The van der Waals surface area contributed by atoms with Crippen LogP contribution in [-0.2, 0) is 11.8 Å². The first-order valence-electron chi connectivity index (χ1n) is 5.51. The summed E-state index contributed by atoms with van der Waals surface area (Å²) >= 11 is 0. The topological polar surface area (TPSA) is 70.4 Å². The van der Waals surface area contributed by atoms with Crippen LogP contribution in [0.3, 0.4) is 0 Å². The number of carbonyl (C=O) groups excluding carboxylic acids is 2. The van der Waals surface area contributed by atoms with Crippen LogP contribution in [0, 0.1) is 0 Å². The molecule has 98 valence electrons. The number of aryl methyl sites for hydroxylation is 1. The fourth-order valence-corrected chi connectivity index (χ4v) is 1.51. The molecule has 0 aliphatic heterocycles. The zero-order valence-corrected chi connectivity index (χ0v) is 10.5. The summed E-state index contributed by atoms with van der Waals surface area (Å²) < 4.78 is 10.9. The molecule has 0 aliphatic carbocycles. The van der Waals surface area contributed by atoms with Gasteiger partial charge in [0.25, 0.3) is 0 Å². The van der Waals surface area contributed by atoms with Crippen molar-refractivity contribution in [3.05, 3.63) is 47.7 Å². The number of hydrogen-bond donors (Lipinski definition) is 0. The molecule has 0 N–H and O–H groups in total. The molecule has 0 fully saturated rings. The maximum atomic E-state index is 11.8. The maximum Gasteiger partial charge on any atom is 0.356 e. The molecule has 2 rings (SSSR count). The van der Waals surface area contributed by atoms with E-state index in [9.17, 15) is 9.59 Å². The number of rotatable bonds is 3. The van der Waals surface area contributed by atoms with E-state index in [1.807, 2.05) is 0 Å². The highest BCUT2D eigenvalue weighted by atomic mass is 16.5. The summed E-state index contributed by atoms with van der Waals surface area (Å²) in [5.74, 6) is -1.02. The van der Waals surface area contributed by atoms with E-state index in [0.29, 0.717) is 5.56 Å². The van der Waals surface area contributed by atoms with Gasteiger partial charge in [0.2, 0.25) is 5.88 Å². The van der Waals surface area contributed by atoms with E-state index in [0.717, 1.165) is 0 Å². The zero-order chi connectivity index (χ0) is 13.8. The molecule has 0 bridgehead atoms. The highest BCUT2D eigenvalue weighted by Gasteiger charge is 2.16. The molecule has 0 saturated heterocycles. The second-order valence-corrected chi connectivity index (χ2v) is 3.74. The van der Waals surface area contributed by atoms with E-state index in [1.54, 1.807) is 37.4 Å². The van der Waals surface area contributed by atoms with Gasteiger partial charge in [-0.1, -0.05) is 18.2 Å². The predicted molar refractivity (Wildman–Crippen MR) is 65.9 cm³/mol. The zero-order valence-electron chi connectivity index (χ0n) is 10.5. The molecule has 19 heavy (non-hydrogen) atoms. The van der Waals surface area contributed by atoms with Gasteiger partial charge in [0, 0.05) is 13.1 Å². The van der Waals surface area contributed by atoms with Crippen LogP contribution in [-0.4, -0.2) is 28.8 Å². The first-order valence-corrected chi connectivity index (χ1v) is 5.51. The summed E-state index contributed by atoms with van der Waals surface area (Å²) in [4.78, 5) is 23.2. The molecule has 6 nitrogen and oxygen atoms in total. The molecule has 0 spiro atoms. The fraction of sp³-hybridized carbons (Fsp3) is 0.154. The Hall–Kier alpha value is -2.63. The van der Waals surface area contributed by atoms with Crippen molar-refractivity contribution in [2.75, 3.05) is 7.11 Å². The van der Waals surface area contributed by atoms with Gasteiger partial charge < -0.3 is 9.47 Å². The number of hydrogen-bond acceptors (Lipinski definition) is 5. The van der Waals surface area contributed by atoms with E-state index in [1.165, 1.54) is 17.9 Å². The summed E-state index contributed by atoms with van der Waals surface area (Å²) in [5, 5.41) is 3.92. The van der Waals surface area contributed by atoms with Gasteiger partial charge in [-0.05, 0) is 12.1 Å². The highest BCUT2D eigenvalue weighted by Crippen LogP contribution is 2.13. The molecule has 0 amide bonds. The second kappa shape index (κ2) is 5.34. The SMILES string of the molecule is COC(=O)c1cc(OC(=O)c2ccccc2)nn1C. The minimum Gasteiger partial charge on any atom is -0.464 e. The Labute approximate surface area is 109 Å². The summed E-state index contributed by atoms with van der Waals surface area (Å²) in [6.07, 6.45) is 0. The maximum absolute atomic E-state index is 11.8. The number of aromatic nitrogens is 2. The van der Waals surface area contributed by atoms with E-state index in [-0.39, 0.29) is 11.6 Å². The largest absolute Gasteiger partial charge is 0.464 e. The van der Waals surface area contributed by atoms with E-state index in [4.69, 9.17) is 4.74 Å². The van der Waals surface area contributed by atoms with Crippen LogP contribution in [0.25, 0.3) is 0 Å². The lowest BCUT2D eigenvalue weighted by Crippen LogP contribution is -2.09. The Bertz CT molecular complexity index is 604. The normalized spacial score (nSPS) is 10.0. The number of benzene rings is 1. The van der Waals surface area contributed by atoms with Crippen molar-refractivity contribution in [3.63, 3.8) is 0 Å². The summed E-state index contributed by atoms with van der Waals surface area (Å²) in [6.45, 7) is 0. The molecule has 0 unspecified atom stereocenters. The first kappa shape index (κ1) is 12.8. The van der Waals surface area contributed by atoms with Crippen molar-refractivity contribution in [1.82, 2.24) is 9.78 Å². The van der Waals surface area contributed by atoms with Crippen molar-refractivity contribution in [3.8, 4) is 5.88 Å². The quantitative estimate of drug-likeness (QED) is 0.781. The van der Waals surface area contributed by atoms with Crippen LogP contribution in [0.4, 0.5) is 0 Å². The average molecular weight is 260 g/mol. The number of carbonyl (C=O) groups is 2. The van der Waals surface area contributed by atoms with Crippen LogP contribution < -0.4 is 4.74 Å². The van der Waals surface area contributed by atoms with E-state index >= 15 is 0 Å². The Kier molecular flexibility index (Phi) is 3.61. The molecular formula is C13H12N2O4. The Balaban J connectivity index is 2.16. The minimum absolute atomic E-state index is 0.0525. The fourth-order valence-electron chi connectivity index (χ4n) is 1.51. The van der Waals surface area contributed by atoms with Crippen LogP contribution in [0.1, 0.15) is 20.8 Å². The minimum atomic E-state index is -0.544. The first-order chi connectivity index (χ1) is 9.11. The van der Waals surface area contributed by atoms with Gasteiger partial charge in [-0.3, -0.25) is 4.68 Å². The van der Waals surface area contributed by atoms with Gasteiger partial charge in [-0.2, -0.15) is 0 Å². The van der Waals surface area contributed by atoms with Gasteiger partial charge in [-0.15, -0.1) is 5.10 Å². The monoisotopic (exact) mass is 260 g/mol. The Morgan fingerprint density at radius 2 is 1.84 bits per heavy atom. The standard InChI is InChI=1S/C13H12N2O4/c1-15-10(13(17)18-2)8-11(14-15)19-12(16)9-6-4-3-5-7-9/h3-8H,1-2H3. The summed E-state index contributed by atoms with van der Waals surface area (Å²) in [5.41, 5.74) is 0.617. The number of methoxy groups -OCH3 is 1. The van der Waals surface area contributed by atoms with Gasteiger partial charge in [0.15, 0.2) is 0 Å². The molecule has 0 aliphatic rings. The van der Waals surface area contributed by atoms with Crippen LogP contribution in [0.5, 0.6) is 5.88 Å². The third-order valence-electron chi connectivity index (χ3n) is 2.46. The van der Waals surface area contributed by atoms with Crippen molar-refractivity contribution in [2.45, 2.75) is 0 Å². The van der Waals surface area contributed by atoms with Gasteiger partial charge in [0.05, 0.1) is 12.7 Å². The van der Waals surface area contributed by atoms with Gasteiger partial charge in [0.1, 0.15) is 5.69 Å². The van der Waals surface area contributed by atoms with Crippen molar-refractivity contribution < 1.29 is 19.1 Å². The Morgan fingerprint density at radius 1 is 1.16 bits per heavy atom. The summed E-state index contributed by atoms with van der Waals surface area (Å²) in [7, 11) is 2.83. The number of esters is 2. The van der Waals surface area contributed by atoms with Crippen molar-refractivity contribution in [2.24, 2.45) is 7.05 Å². The third-order valence-corrected chi connectivity index (χ3v) is 2.46. The van der Waals surface area contributed by atoms with Crippen LogP contribution >= 0.6 is 0 Å². The van der Waals surface area contributed by atoms with E-state index < -0.39 is 11.9 Å². The second-order valence-electron chi connectivity index (χ2n) is 3.74. The molecule has 0 radical (unpaired) electrons. The molecule has 1 heterocycles.